The Hall–Kier alpha value is -2.83. The number of carbonyl (C=O) groups excluding carboxylic acids is 1. The Bertz CT molecular complexity index is 1020. The summed E-state index contributed by atoms with van der Waals surface area (Å²) in [6, 6.07) is 14.6. The second-order valence-electron chi connectivity index (χ2n) is 5.99. The number of nitrogens with zero attached hydrogens (tertiary/aromatic N) is 3. The summed E-state index contributed by atoms with van der Waals surface area (Å²) in [6.07, 6.45) is 1.57. The predicted octanol–water partition coefficient (Wildman–Crippen LogP) is 4.33. The van der Waals surface area contributed by atoms with Crippen molar-refractivity contribution >= 4 is 35.3 Å². The Morgan fingerprint density at radius 1 is 1.21 bits per heavy atom. The molecule has 0 aliphatic rings. The van der Waals surface area contributed by atoms with Crippen LogP contribution in [0.15, 0.2) is 53.6 Å². The lowest BCUT2D eigenvalue weighted by Crippen LogP contribution is -2.24. The van der Waals surface area contributed by atoms with E-state index in [1.165, 1.54) is 0 Å². The van der Waals surface area contributed by atoms with Crippen molar-refractivity contribution in [1.82, 2.24) is 15.2 Å². The number of hydrogen-bond donors (Lipinski definition) is 1. The molecule has 1 aromatic heterocycles. The first-order chi connectivity index (χ1) is 13.5. The molecule has 0 unspecified atom stereocenters. The Morgan fingerprint density at radius 2 is 1.96 bits per heavy atom. The highest BCUT2D eigenvalue weighted by Gasteiger charge is 2.11. The molecular weight excluding hydrogens is 399 g/mol. The summed E-state index contributed by atoms with van der Waals surface area (Å²) in [5.74, 6) is -0.0333. The molecule has 8 heteroatoms. The van der Waals surface area contributed by atoms with Crippen LogP contribution in [0.3, 0.4) is 0 Å². The largest absolute Gasteiger partial charge is 0.482 e. The fourth-order valence-electron chi connectivity index (χ4n) is 2.60. The number of nitrogens with one attached hydrogen (secondary N) is 1. The summed E-state index contributed by atoms with van der Waals surface area (Å²) < 4.78 is 7.21. The number of benzene rings is 2. The molecule has 28 heavy (non-hydrogen) atoms. The van der Waals surface area contributed by atoms with Gasteiger partial charge in [-0.15, -0.1) is 0 Å². The van der Waals surface area contributed by atoms with Gasteiger partial charge < -0.3 is 4.74 Å². The van der Waals surface area contributed by atoms with Gasteiger partial charge in [0.25, 0.3) is 5.91 Å². The van der Waals surface area contributed by atoms with Gasteiger partial charge >= 0.3 is 0 Å². The summed E-state index contributed by atoms with van der Waals surface area (Å²) >= 11 is 11.8. The lowest BCUT2D eigenvalue weighted by atomic mass is 10.2. The summed E-state index contributed by atoms with van der Waals surface area (Å²) in [7, 11) is 0. The Labute approximate surface area is 172 Å². The zero-order valence-corrected chi connectivity index (χ0v) is 16.8. The highest BCUT2D eigenvalue weighted by molar-refractivity contribution is 6.35. The molecule has 6 nitrogen and oxygen atoms in total. The third-order valence-electron chi connectivity index (χ3n) is 3.98. The first kappa shape index (κ1) is 19.9. The molecule has 0 fully saturated rings. The Kier molecular flexibility index (Phi) is 6.34. The maximum atomic E-state index is 11.9. The van der Waals surface area contributed by atoms with Gasteiger partial charge in [0.15, 0.2) is 6.61 Å². The Morgan fingerprint density at radius 3 is 2.68 bits per heavy atom. The van der Waals surface area contributed by atoms with Crippen LogP contribution in [-0.2, 0) is 4.79 Å². The fraction of sp³-hybridized carbons (Fsp3) is 0.150. The molecule has 3 aromatic rings. The van der Waals surface area contributed by atoms with Crippen molar-refractivity contribution in [3.63, 3.8) is 0 Å². The molecule has 1 heterocycles. The second-order valence-corrected chi connectivity index (χ2v) is 6.83. The number of amides is 1. The van der Waals surface area contributed by atoms with Crippen molar-refractivity contribution < 1.29 is 9.53 Å². The molecule has 2 aromatic carbocycles. The van der Waals surface area contributed by atoms with Crippen LogP contribution in [-0.4, -0.2) is 28.5 Å². The normalized spacial score (nSPS) is 11.0. The lowest BCUT2D eigenvalue weighted by molar-refractivity contribution is -0.123. The van der Waals surface area contributed by atoms with Crippen LogP contribution < -0.4 is 10.2 Å². The predicted molar refractivity (Wildman–Crippen MR) is 111 cm³/mol. The van der Waals surface area contributed by atoms with Gasteiger partial charge in [-0.2, -0.15) is 10.2 Å². The highest BCUT2D eigenvalue weighted by Crippen LogP contribution is 2.27. The molecule has 0 spiro atoms. The van der Waals surface area contributed by atoms with Crippen molar-refractivity contribution in [2.24, 2.45) is 5.10 Å². The number of aromatic nitrogens is 2. The van der Waals surface area contributed by atoms with Crippen molar-refractivity contribution in [3.05, 3.63) is 75.5 Å². The van der Waals surface area contributed by atoms with E-state index in [0.717, 1.165) is 22.6 Å². The first-order valence-corrected chi connectivity index (χ1v) is 9.22. The first-order valence-electron chi connectivity index (χ1n) is 8.47. The zero-order chi connectivity index (χ0) is 20.1. The van der Waals surface area contributed by atoms with E-state index in [1.807, 2.05) is 48.9 Å². The molecule has 0 aliphatic carbocycles. The molecule has 1 N–H and O–H groups in total. The van der Waals surface area contributed by atoms with Gasteiger partial charge in [0.2, 0.25) is 0 Å². The minimum absolute atomic E-state index is 0.222. The number of halogens is 2. The van der Waals surface area contributed by atoms with E-state index < -0.39 is 5.91 Å². The molecular formula is C20H18Cl2N4O2. The van der Waals surface area contributed by atoms with Gasteiger partial charge in [-0.1, -0.05) is 41.4 Å². The number of ether oxygens (including phenoxy) is 1. The van der Waals surface area contributed by atoms with E-state index in [4.69, 9.17) is 27.9 Å². The van der Waals surface area contributed by atoms with Gasteiger partial charge in [0.05, 0.1) is 28.3 Å². The van der Waals surface area contributed by atoms with Gasteiger partial charge in [-0.05, 0) is 44.2 Å². The van der Waals surface area contributed by atoms with Crippen LogP contribution in [0.4, 0.5) is 0 Å². The third kappa shape index (κ3) is 4.71. The van der Waals surface area contributed by atoms with E-state index in [2.05, 4.69) is 15.6 Å². The van der Waals surface area contributed by atoms with E-state index in [9.17, 15) is 4.79 Å². The summed E-state index contributed by atoms with van der Waals surface area (Å²) in [4.78, 5) is 11.9. The highest BCUT2D eigenvalue weighted by atomic mass is 35.5. The van der Waals surface area contributed by atoms with Crippen LogP contribution in [0, 0.1) is 13.8 Å². The fourth-order valence-corrected chi connectivity index (χ4v) is 3.06. The minimum Gasteiger partial charge on any atom is -0.482 e. The van der Waals surface area contributed by atoms with Crippen molar-refractivity contribution in [2.45, 2.75) is 13.8 Å². The quantitative estimate of drug-likeness (QED) is 0.480. The Balaban J connectivity index is 1.61. The van der Waals surface area contributed by atoms with Crippen LogP contribution >= 0.6 is 23.2 Å². The number of hydrogen-bond acceptors (Lipinski definition) is 4. The van der Waals surface area contributed by atoms with E-state index in [-0.39, 0.29) is 6.61 Å². The molecule has 3 rings (SSSR count). The van der Waals surface area contributed by atoms with E-state index in [0.29, 0.717) is 15.8 Å². The average Bonchev–Trinajstić information content (AvgIpc) is 2.96. The molecule has 0 bridgehead atoms. The number of carbonyl (C=O) groups is 1. The van der Waals surface area contributed by atoms with Crippen molar-refractivity contribution in [2.75, 3.05) is 6.61 Å². The van der Waals surface area contributed by atoms with Gasteiger partial charge in [0.1, 0.15) is 5.75 Å². The number of para-hydroxylation sites is 1. The summed E-state index contributed by atoms with van der Waals surface area (Å²) in [5, 5.41) is 9.37. The van der Waals surface area contributed by atoms with E-state index in [1.54, 1.807) is 24.4 Å². The van der Waals surface area contributed by atoms with Gasteiger partial charge in [0, 0.05) is 10.6 Å². The third-order valence-corrected chi connectivity index (χ3v) is 4.51. The van der Waals surface area contributed by atoms with Crippen LogP contribution in [0.5, 0.6) is 5.75 Å². The van der Waals surface area contributed by atoms with Crippen LogP contribution in [0.1, 0.15) is 17.0 Å². The second kappa shape index (κ2) is 8.91. The molecule has 144 valence electrons. The SMILES string of the molecule is Cc1nn(-c2ccccc2)c(C)c1/C=N\NC(=O)COc1ccc(Cl)cc1Cl. The summed E-state index contributed by atoms with van der Waals surface area (Å²) in [5.41, 5.74) is 5.96. The molecule has 0 saturated heterocycles. The maximum Gasteiger partial charge on any atom is 0.277 e. The average molecular weight is 417 g/mol. The molecule has 0 radical (unpaired) electrons. The van der Waals surface area contributed by atoms with Gasteiger partial charge in [-0.3, -0.25) is 4.79 Å². The molecule has 1 amide bonds. The van der Waals surface area contributed by atoms with Crippen molar-refractivity contribution in [3.8, 4) is 11.4 Å². The molecule has 0 atom stereocenters. The van der Waals surface area contributed by atoms with Crippen LogP contribution in [0.25, 0.3) is 5.69 Å². The lowest BCUT2D eigenvalue weighted by Gasteiger charge is -2.07. The van der Waals surface area contributed by atoms with Crippen LogP contribution in [0.2, 0.25) is 10.0 Å². The standard InChI is InChI=1S/C20H18Cl2N4O2/c1-13-17(14(2)26(25-13)16-6-4-3-5-7-16)11-23-24-20(27)12-28-19-9-8-15(21)10-18(19)22/h3-11H,12H2,1-2H3,(H,24,27)/b23-11-. The van der Waals surface area contributed by atoms with E-state index >= 15 is 0 Å². The summed E-state index contributed by atoms with van der Waals surface area (Å²) in [6.45, 7) is 3.61. The number of rotatable bonds is 6. The van der Waals surface area contributed by atoms with Gasteiger partial charge in [-0.25, -0.2) is 10.1 Å². The minimum atomic E-state index is -0.409. The molecule has 0 aliphatic heterocycles. The molecule has 0 saturated carbocycles. The zero-order valence-electron chi connectivity index (χ0n) is 15.3. The van der Waals surface area contributed by atoms with Crippen molar-refractivity contribution in [1.29, 1.82) is 0 Å². The number of aryl methyl sites for hydroxylation is 1. The smallest absolute Gasteiger partial charge is 0.277 e. The monoisotopic (exact) mass is 416 g/mol. The topological polar surface area (TPSA) is 68.5 Å². The maximum absolute atomic E-state index is 11.9. The number of hydrazone groups is 1.